The van der Waals surface area contributed by atoms with Crippen LogP contribution in [0.25, 0.3) is 5.82 Å². The summed E-state index contributed by atoms with van der Waals surface area (Å²) in [5, 5.41) is 4.34. The number of hydrogen-bond acceptors (Lipinski definition) is 4. The lowest BCUT2D eigenvalue weighted by Crippen LogP contribution is -2.02. The molecule has 0 aromatic carbocycles. The average molecular weight is 290 g/mol. The van der Waals surface area contributed by atoms with Gasteiger partial charge in [-0.15, -0.1) is 0 Å². The van der Waals surface area contributed by atoms with Crippen LogP contribution < -0.4 is 4.74 Å². The van der Waals surface area contributed by atoms with E-state index in [9.17, 15) is 0 Å². The first-order valence-electron chi connectivity index (χ1n) is 3.97. The molecule has 0 spiro atoms. The number of methoxy groups -OCH3 is 1. The fourth-order valence-corrected chi connectivity index (χ4v) is 1.59. The zero-order chi connectivity index (χ0) is 10.8. The molecule has 0 saturated heterocycles. The van der Waals surface area contributed by atoms with E-state index in [-0.39, 0.29) is 5.15 Å². The second-order valence-electron chi connectivity index (χ2n) is 2.62. The van der Waals surface area contributed by atoms with Crippen LogP contribution >= 0.6 is 27.5 Å². The highest BCUT2D eigenvalue weighted by atomic mass is 79.9. The lowest BCUT2D eigenvalue weighted by molar-refractivity contribution is 0.407. The monoisotopic (exact) mass is 288 g/mol. The Morgan fingerprint density at radius 2 is 2.27 bits per heavy atom. The van der Waals surface area contributed by atoms with Gasteiger partial charge in [0.2, 0.25) is 11.6 Å². The number of ether oxygens (including phenoxy) is 1. The van der Waals surface area contributed by atoms with Crippen molar-refractivity contribution in [2.45, 2.75) is 0 Å². The zero-order valence-corrected chi connectivity index (χ0v) is 10.0. The predicted octanol–water partition coefficient (Wildman–Crippen LogP) is 2.09. The van der Waals surface area contributed by atoms with Gasteiger partial charge in [0.1, 0.15) is 6.33 Å². The van der Waals surface area contributed by atoms with Crippen LogP contribution in [0.4, 0.5) is 0 Å². The van der Waals surface area contributed by atoms with Gasteiger partial charge in [-0.25, -0.2) is 14.6 Å². The maximum atomic E-state index is 5.86. The largest absolute Gasteiger partial charge is 0.490 e. The van der Waals surface area contributed by atoms with Crippen LogP contribution in [0.2, 0.25) is 5.15 Å². The molecule has 2 aromatic heterocycles. The number of nitrogens with zero attached hydrogens (tertiary/aromatic N) is 4. The maximum absolute atomic E-state index is 5.86. The second-order valence-corrected chi connectivity index (χ2v) is 3.90. The van der Waals surface area contributed by atoms with Gasteiger partial charge in [-0.1, -0.05) is 11.6 Å². The van der Waals surface area contributed by atoms with Crippen molar-refractivity contribution in [1.29, 1.82) is 0 Å². The van der Waals surface area contributed by atoms with Gasteiger partial charge in [0.25, 0.3) is 0 Å². The van der Waals surface area contributed by atoms with Crippen molar-refractivity contribution in [3.05, 3.63) is 28.3 Å². The summed E-state index contributed by atoms with van der Waals surface area (Å²) in [5.74, 6) is 0.901. The Morgan fingerprint density at radius 3 is 2.87 bits per heavy atom. The van der Waals surface area contributed by atoms with Crippen molar-refractivity contribution < 1.29 is 4.74 Å². The zero-order valence-electron chi connectivity index (χ0n) is 7.69. The lowest BCUT2D eigenvalue weighted by Gasteiger charge is -2.07. The number of hydrogen-bond donors (Lipinski definition) is 0. The summed E-state index contributed by atoms with van der Waals surface area (Å²) in [6.45, 7) is 0. The third-order valence-electron chi connectivity index (χ3n) is 1.71. The molecule has 2 heterocycles. The van der Waals surface area contributed by atoms with E-state index in [0.29, 0.717) is 11.6 Å². The summed E-state index contributed by atoms with van der Waals surface area (Å²) < 4.78 is 7.51. The quantitative estimate of drug-likeness (QED) is 0.794. The summed E-state index contributed by atoms with van der Waals surface area (Å²) in [6, 6.07) is 0. The van der Waals surface area contributed by atoms with Gasteiger partial charge in [-0.05, 0) is 15.9 Å². The van der Waals surface area contributed by atoms with E-state index in [1.807, 2.05) is 0 Å². The second kappa shape index (κ2) is 4.16. The van der Waals surface area contributed by atoms with Crippen LogP contribution in [0.3, 0.4) is 0 Å². The Morgan fingerprint density at radius 1 is 1.47 bits per heavy atom. The number of rotatable bonds is 2. The number of aromatic nitrogens is 4. The molecule has 0 bridgehead atoms. The molecule has 2 rings (SSSR count). The molecule has 0 atom stereocenters. The molecule has 0 aliphatic rings. The number of halogens is 2. The highest BCUT2D eigenvalue weighted by Gasteiger charge is 2.12. The minimum atomic E-state index is 0.258. The molecule has 5 nitrogen and oxygen atoms in total. The van der Waals surface area contributed by atoms with Gasteiger partial charge >= 0.3 is 0 Å². The smallest absolute Gasteiger partial charge is 0.201 e. The Balaban J connectivity index is 2.57. The van der Waals surface area contributed by atoms with Crippen LogP contribution in [-0.2, 0) is 0 Å². The molecule has 0 amide bonds. The van der Waals surface area contributed by atoms with Crippen LogP contribution in [0.5, 0.6) is 5.75 Å². The third kappa shape index (κ3) is 1.95. The normalized spacial score (nSPS) is 10.3. The molecule has 0 saturated carbocycles. The summed E-state index contributed by atoms with van der Waals surface area (Å²) >= 11 is 9.15. The summed E-state index contributed by atoms with van der Waals surface area (Å²) in [6.07, 6.45) is 4.76. The molecule has 0 radical (unpaired) electrons. The molecule has 0 unspecified atom stereocenters. The highest BCUT2D eigenvalue weighted by Crippen LogP contribution is 2.27. The van der Waals surface area contributed by atoms with Gasteiger partial charge in [-0.2, -0.15) is 5.10 Å². The van der Waals surface area contributed by atoms with Crippen molar-refractivity contribution in [1.82, 2.24) is 19.7 Å². The average Bonchev–Trinajstić information content (AvgIpc) is 2.64. The van der Waals surface area contributed by atoms with Gasteiger partial charge in [0.15, 0.2) is 5.15 Å². The summed E-state index contributed by atoms with van der Waals surface area (Å²) in [5.41, 5.74) is 0. The first-order chi connectivity index (χ1) is 7.22. The van der Waals surface area contributed by atoms with Crippen molar-refractivity contribution in [3.63, 3.8) is 0 Å². The summed E-state index contributed by atoms with van der Waals surface area (Å²) in [7, 11) is 1.51. The van der Waals surface area contributed by atoms with Gasteiger partial charge in [-0.3, -0.25) is 0 Å². The molecule has 78 valence electrons. The van der Waals surface area contributed by atoms with Crippen LogP contribution in [0, 0.1) is 0 Å². The van der Waals surface area contributed by atoms with E-state index < -0.39 is 0 Å². The Labute approximate surface area is 99.2 Å². The molecular weight excluding hydrogens is 283 g/mol. The molecule has 0 aliphatic heterocycles. The fraction of sp³-hybridized carbons (Fsp3) is 0.125. The van der Waals surface area contributed by atoms with Gasteiger partial charge < -0.3 is 4.74 Å². The first kappa shape index (κ1) is 10.4. The topological polar surface area (TPSA) is 52.8 Å². The van der Waals surface area contributed by atoms with Crippen molar-refractivity contribution in [2.24, 2.45) is 0 Å². The summed E-state index contributed by atoms with van der Waals surface area (Å²) in [4.78, 5) is 7.87. The standard InChI is InChI=1S/C8H6BrClN4O/c1-15-6-7(10)11-4-12-8(6)14-3-5(9)2-13-14/h2-4H,1H3. The van der Waals surface area contributed by atoms with E-state index >= 15 is 0 Å². The van der Waals surface area contributed by atoms with Gasteiger partial charge in [0, 0.05) is 6.20 Å². The van der Waals surface area contributed by atoms with Crippen LogP contribution in [0.1, 0.15) is 0 Å². The molecule has 7 heteroatoms. The van der Waals surface area contributed by atoms with E-state index in [0.717, 1.165) is 4.47 Å². The predicted molar refractivity (Wildman–Crippen MR) is 58.4 cm³/mol. The van der Waals surface area contributed by atoms with Crippen molar-refractivity contribution in [3.8, 4) is 11.6 Å². The van der Waals surface area contributed by atoms with Crippen molar-refractivity contribution >= 4 is 27.5 Å². The third-order valence-corrected chi connectivity index (χ3v) is 2.39. The van der Waals surface area contributed by atoms with E-state index in [1.54, 1.807) is 17.1 Å². The Bertz CT molecular complexity index is 487. The molecule has 2 aromatic rings. The van der Waals surface area contributed by atoms with Crippen LogP contribution in [-0.4, -0.2) is 26.9 Å². The molecule has 15 heavy (non-hydrogen) atoms. The molecular formula is C8H6BrClN4O. The lowest BCUT2D eigenvalue weighted by atomic mass is 10.5. The van der Waals surface area contributed by atoms with E-state index in [4.69, 9.17) is 16.3 Å². The first-order valence-corrected chi connectivity index (χ1v) is 5.14. The van der Waals surface area contributed by atoms with Crippen LogP contribution in [0.15, 0.2) is 23.2 Å². The molecule has 0 N–H and O–H groups in total. The highest BCUT2D eigenvalue weighted by molar-refractivity contribution is 9.10. The van der Waals surface area contributed by atoms with E-state index in [1.165, 1.54) is 13.4 Å². The molecule has 0 aliphatic carbocycles. The SMILES string of the molecule is COc1c(Cl)ncnc1-n1cc(Br)cn1. The van der Waals surface area contributed by atoms with Gasteiger partial charge in [0.05, 0.1) is 17.8 Å². The fourth-order valence-electron chi connectivity index (χ4n) is 1.10. The minimum Gasteiger partial charge on any atom is -0.490 e. The Kier molecular flexibility index (Phi) is 2.88. The minimum absolute atomic E-state index is 0.258. The Hall–Kier alpha value is -1.14. The van der Waals surface area contributed by atoms with E-state index in [2.05, 4.69) is 31.0 Å². The van der Waals surface area contributed by atoms with Crippen molar-refractivity contribution in [2.75, 3.05) is 7.11 Å². The maximum Gasteiger partial charge on any atom is 0.201 e. The molecule has 0 fully saturated rings.